The van der Waals surface area contributed by atoms with Crippen molar-refractivity contribution in [1.82, 2.24) is 19.7 Å². The van der Waals surface area contributed by atoms with E-state index in [4.69, 9.17) is 4.42 Å². The van der Waals surface area contributed by atoms with Crippen molar-refractivity contribution >= 4 is 40.0 Å². The number of anilines is 3. The number of hydrogen-bond donors (Lipinski definition) is 2. The molecule has 3 aromatic rings. The smallest absolute Gasteiger partial charge is 0.315 e. The zero-order valence-corrected chi connectivity index (χ0v) is 20.4. The van der Waals surface area contributed by atoms with Gasteiger partial charge in [-0.05, 0) is 80.3 Å². The van der Waals surface area contributed by atoms with Crippen molar-refractivity contribution in [2.75, 3.05) is 37.8 Å². The van der Waals surface area contributed by atoms with Crippen LogP contribution in [0.15, 0.2) is 46.3 Å². The van der Waals surface area contributed by atoms with Crippen molar-refractivity contribution in [3.63, 3.8) is 0 Å². The van der Waals surface area contributed by atoms with Crippen LogP contribution in [0.5, 0.6) is 0 Å². The van der Waals surface area contributed by atoms with Gasteiger partial charge in [-0.25, -0.2) is 0 Å². The average molecular weight is 552 g/mol. The third kappa shape index (κ3) is 5.74. The Hall–Kier alpha value is -2.73. The third-order valence-electron chi connectivity index (χ3n) is 4.73. The molecule has 8 nitrogen and oxygen atoms in total. The normalized spacial score (nSPS) is 11.1. The van der Waals surface area contributed by atoms with Crippen LogP contribution in [-0.4, -0.2) is 46.8 Å². The zero-order chi connectivity index (χ0) is 23.3. The molecule has 0 saturated carbocycles. The molecule has 0 aliphatic rings. The lowest BCUT2D eigenvalue weighted by molar-refractivity contribution is 0.383. The second kappa shape index (κ2) is 10.7. The summed E-state index contributed by atoms with van der Waals surface area (Å²) in [6.45, 7) is 7.11. The lowest BCUT2D eigenvalue weighted by Gasteiger charge is -2.16. The van der Waals surface area contributed by atoms with E-state index in [2.05, 4.69) is 50.0 Å². The van der Waals surface area contributed by atoms with Gasteiger partial charge in [0.1, 0.15) is 0 Å². The molecule has 3 rings (SSSR count). The lowest BCUT2D eigenvalue weighted by atomic mass is 10.1. The molecule has 1 aromatic carbocycles. The van der Waals surface area contributed by atoms with Crippen LogP contribution in [-0.2, 0) is 6.54 Å². The Kier molecular flexibility index (Phi) is 8.02. The average Bonchev–Trinajstić information content (AvgIpc) is 3.21. The van der Waals surface area contributed by atoms with Gasteiger partial charge in [-0.2, -0.15) is 4.39 Å². The molecule has 170 valence electrons. The number of nitrogens with one attached hydrogen (secondary N) is 2. The van der Waals surface area contributed by atoms with Crippen LogP contribution in [0.25, 0.3) is 11.5 Å². The fourth-order valence-corrected chi connectivity index (χ4v) is 3.75. The summed E-state index contributed by atoms with van der Waals surface area (Å²) in [5.74, 6) is -0.799. The van der Waals surface area contributed by atoms with E-state index in [0.29, 0.717) is 30.8 Å². The summed E-state index contributed by atoms with van der Waals surface area (Å²) in [5.41, 5.74) is 1.20. The van der Waals surface area contributed by atoms with Crippen molar-refractivity contribution in [1.29, 1.82) is 0 Å². The third-order valence-corrected chi connectivity index (χ3v) is 5.40. The highest BCUT2D eigenvalue weighted by Crippen LogP contribution is 2.32. The summed E-state index contributed by atoms with van der Waals surface area (Å²) in [7, 11) is 3.89. The Morgan fingerprint density at radius 3 is 2.81 bits per heavy atom. The SMILES string of the molecule is C=CCNc1nnc(-c2cn(CCCN(C)C)c(=O)c(F)c2Nc2ccc(I)cc2C)o1. The Balaban J connectivity index is 2.06. The van der Waals surface area contributed by atoms with E-state index in [0.717, 1.165) is 15.7 Å². The molecule has 0 aliphatic carbocycles. The van der Waals surface area contributed by atoms with Crippen LogP contribution >= 0.6 is 22.6 Å². The number of hydrogen-bond acceptors (Lipinski definition) is 7. The highest BCUT2D eigenvalue weighted by Gasteiger charge is 2.22. The van der Waals surface area contributed by atoms with Gasteiger partial charge in [0.25, 0.3) is 11.4 Å². The molecule has 0 fully saturated rings. The first-order valence-electron chi connectivity index (χ1n) is 10.1. The molecular weight excluding hydrogens is 526 g/mol. The summed E-state index contributed by atoms with van der Waals surface area (Å²) in [6.07, 6.45) is 3.90. The summed E-state index contributed by atoms with van der Waals surface area (Å²) >= 11 is 2.21. The number of aromatic nitrogens is 3. The fourth-order valence-electron chi connectivity index (χ4n) is 3.10. The first kappa shape index (κ1) is 23.9. The Morgan fingerprint density at radius 1 is 1.34 bits per heavy atom. The number of aryl methyl sites for hydroxylation is 2. The van der Waals surface area contributed by atoms with Crippen LogP contribution < -0.4 is 16.2 Å². The molecule has 0 atom stereocenters. The maximum absolute atomic E-state index is 15.4. The molecule has 2 aromatic heterocycles. The molecule has 32 heavy (non-hydrogen) atoms. The minimum atomic E-state index is -0.899. The van der Waals surface area contributed by atoms with Gasteiger partial charge in [0.15, 0.2) is 0 Å². The van der Waals surface area contributed by atoms with Gasteiger partial charge in [0, 0.05) is 28.5 Å². The van der Waals surface area contributed by atoms with Gasteiger partial charge in [-0.15, -0.1) is 11.7 Å². The minimum absolute atomic E-state index is 0.00193. The minimum Gasteiger partial charge on any atom is -0.403 e. The van der Waals surface area contributed by atoms with Gasteiger partial charge in [-0.1, -0.05) is 11.2 Å². The largest absolute Gasteiger partial charge is 0.403 e. The zero-order valence-electron chi connectivity index (χ0n) is 18.3. The highest BCUT2D eigenvalue weighted by atomic mass is 127. The van der Waals surface area contributed by atoms with Crippen LogP contribution in [0, 0.1) is 16.3 Å². The standard InChI is InChI=1S/C22H26FIN6O2/c1-5-9-25-22-28-27-20(32-22)16-13-30(11-6-10-29(3)4)21(31)18(23)19(16)26-17-8-7-15(24)12-14(17)2/h5,7-8,12-13,26H,1,6,9-11H2,2-4H3,(H,25,28). The van der Waals surface area contributed by atoms with E-state index < -0.39 is 11.4 Å². The maximum Gasteiger partial charge on any atom is 0.315 e. The number of benzene rings is 1. The van der Waals surface area contributed by atoms with Crippen molar-refractivity contribution < 1.29 is 8.81 Å². The molecule has 0 bridgehead atoms. The van der Waals surface area contributed by atoms with Gasteiger partial charge in [-0.3, -0.25) is 4.79 Å². The van der Waals surface area contributed by atoms with Gasteiger partial charge < -0.3 is 24.5 Å². The fraction of sp³-hybridized carbons (Fsp3) is 0.318. The highest BCUT2D eigenvalue weighted by molar-refractivity contribution is 14.1. The Labute approximate surface area is 199 Å². The Morgan fingerprint density at radius 2 is 2.12 bits per heavy atom. The molecule has 0 saturated heterocycles. The van der Waals surface area contributed by atoms with E-state index in [-0.39, 0.29) is 17.6 Å². The Bertz CT molecular complexity index is 1160. The van der Waals surface area contributed by atoms with E-state index in [9.17, 15) is 4.79 Å². The van der Waals surface area contributed by atoms with E-state index in [1.807, 2.05) is 44.1 Å². The maximum atomic E-state index is 15.4. The van der Waals surface area contributed by atoms with Crippen LogP contribution in [0.2, 0.25) is 0 Å². The molecule has 10 heteroatoms. The number of halogens is 2. The van der Waals surface area contributed by atoms with E-state index >= 15 is 4.39 Å². The second-order valence-electron chi connectivity index (χ2n) is 7.55. The van der Waals surface area contributed by atoms with Crippen molar-refractivity contribution in [3.05, 3.63) is 62.4 Å². The lowest BCUT2D eigenvalue weighted by Crippen LogP contribution is -2.26. The van der Waals surface area contributed by atoms with Crippen molar-refractivity contribution in [3.8, 4) is 11.5 Å². The summed E-state index contributed by atoms with van der Waals surface area (Å²) in [4.78, 5) is 14.8. The molecule has 0 spiro atoms. The summed E-state index contributed by atoms with van der Waals surface area (Å²) < 4.78 is 23.5. The number of nitrogens with zero attached hydrogens (tertiary/aromatic N) is 4. The van der Waals surface area contributed by atoms with Gasteiger partial charge in [0.2, 0.25) is 5.82 Å². The van der Waals surface area contributed by atoms with Crippen LogP contribution in [0.1, 0.15) is 12.0 Å². The first-order chi connectivity index (χ1) is 15.3. The molecular formula is C22H26FIN6O2. The van der Waals surface area contributed by atoms with E-state index in [1.165, 1.54) is 4.57 Å². The first-order valence-corrected chi connectivity index (χ1v) is 11.2. The summed E-state index contributed by atoms with van der Waals surface area (Å²) in [5, 5.41) is 14.0. The van der Waals surface area contributed by atoms with Crippen LogP contribution in [0.4, 0.5) is 21.8 Å². The quantitative estimate of drug-likeness (QED) is 0.287. The second-order valence-corrected chi connectivity index (χ2v) is 8.80. The molecule has 0 unspecified atom stereocenters. The van der Waals surface area contributed by atoms with Crippen molar-refractivity contribution in [2.45, 2.75) is 19.9 Å². The molecule has 2 N–H and O–H groups in total. The molecule has 0 radical (unpaired) electrons. The van der Waals surface area contributed by atoms with Crippen LogP contribution in [0.3, 0.4) is 0 Å². The number of pyridine rings is 1. The summed E-state index contributed by atoms with van der Waals surface area (Å²) in [6, 6.07) is 5.89. The molecule has 0 amide bonds. The van der Waals surface area contributed by atoms with Gasteiger partial charge in [0.05, 0.1) is 11.3 Å². The number of rotatable bonds is 10. The molecule has 2 heterocycles. The molecule has 0 aliphatic heterocycles. The monoisotopic (exact) mass is 552 g/mol. The predicted octanol–water partition coefficient (Wildman–Crippen LogP) is 4.24. The topological polar surface area (TPSA) is 88.2 Å². The predicted molar refractivity (Wildman–Crippen MR) is 133 cm³/mol. The van der Waals surface area contributed by atoms with Crippen molar-refractivity contribution in [2.24, 2.45) is 0 Å². The van der Waals surface area contributed by atoms with E-state index in [1.54, 1.807) is 12.3 Å². The van der Waals surface area contributed by atoms with Gasteiger partial charge >= 0.3 is 6.01 Å².